The fourth-order valence-corrected chi connectivity index (χ4v) is 5.62. The first-order valence-electron chi connectivity index (χ1n) is 12.4. The first-order valence-corrected chi connectivity index (χ1v) is 15.3. The Bertz CT molecular complexity index is 1050. The Kier molecular flexibility index (Phi) is 6.91. The van der Waals surface area contributed by atoms with Gasteiger partial charge in [0.2, 0.25) is 5.91 Å². The standard InChI is InChI=1S/C27H39N3O3Si/c1-27(2,3)34(5,6)33-18-23-9-12-26(32)30(23)17-19-13-22(16-28-15-19)20-7-10-24-21(14-20)8-11-25(31)29(24)4/h7,10,13-16,23,25,31H,8-9,11-12,17-18H2,1-6H3/t23-,25?/m0/s1. The molecule has 0 radical (unpaired) electrons. The quantitative estimate of drug-likeness (QED) is 0.591. The molecule has 0 bridgehead atoms. The molecular formula is C27H39N3O3Si. The Labute approximate surface area is 205 Å². The van der Waals surface area contributed by atoms with Crippen LogP contribution in [0.15, 0.2) is 36.7 Å². The lowest BCUT2D eigenvalue weighted by Crippen LogP contribution is -2.45. The number of amides is 1. The van der Waals surface area contributed by atoms with Crippen molar-refractivity contribution in [3.05, 3.63) is 47.8 Å². The van der Waals surface area contributed by atoms with E-state index < -0.39 is 14.5 Å². The van der Waals surface area contributed by atoms with Crippen molar-refractivity contribution in [2.75, 3.05) is 18.6 Å². The summed E-state index contributed by atoms with van der Waals surface area (Å²) in [6.45, 7) is 12.4. The van der Waals surface area contributed by atoms with Crippen LogP contribution in [0.4, 0.5) is 5.69 Å². The summed E-state index contributed by atoms with van der Waals surface area (Å²) >= 11 is 0. The zero-order valence-electron chi connectivity index (χ0n) is 21.5. The molecule has 4 rings (SSSR count). The van der Waals surface area contributed by atoms with Crippen molar-refractivity contribution >= 4 is 19.9 Å². The van der Waals surface area contributed by atoms with Crippen LogP contribution in [-0.2, 0) is 22.2 Å². The minimum absolute atomic E-state index is 0.121. The number of hydrogen-bond donors (Lipinski definition) is 1. The van der Waals surface area contributed by atoms with Crippen LogP contribution in [0.1, 0.15) is 51.2 Å². The summed E-state index contributed by atoms with van der Waals surface area (Å²) in [6, 6.07) is 8.64. The number of pyridine rings is 1. The summed E-state index contributed by atoms with van der Waals surface area (Å²) in [5.74, 6) is 0.199. The fraction of sp³-hybridized carbons (Fsp3) is 0.556. The van der Waals surface area contributed by atoms with Gasteiger partial charge in [-0.1, -0.05) is 26.8 Å². The van der Waals surface area contributed by atoms with Crippen LogP contribution in [0, 0.1) is 0 Å². The highest BCUT2D eigenvalue weighted by Gasteiger charge is 2.39. The second kappa shape index (κ2) is 9.44. The van der Waals surface area contributed by atoms with Gasteiger partial charge in [-0.2, -0.15) is 0 Å². The number of carbonyl (C=O) groups excluding carboxylic acids is 1. The summed E-state index contributed by atoms with van der Waals surface area (Å²) in [5, 5.41) is 10.3. The molecule has 1 aromatic carbocycles. The van der Waals surface area contributed by atoms with Crippen LogP contribution < -0.4 is 4.90 Å². The molecule has 1 amide bonds. The van der Waals surface area contributed by atoms with E-state index in [0.717, 1.165) is 41.6 Å². The van der Waals surface area contributed by atoms with Crippen molar-refractivity contribution in [1.82, 2.24) is 9.88 Å². The van der Waals surface area contributed by atoms with E-state index in [1.165, 1.54) is 5.56 Å². The maximum absolute atomic E-state index is 12.7. The van der Waals surface area contributed by atoms with E-state index in [1.807, 2.05) is 29.2 Å². The van der Waals surface area contributed by atoms with Crippen LogP contribution in [-0.4, -0.2) is 55.1 Å². The van der Waals surface area contributed by atoms with Crippen LogP contribution in [0.3, 0.4) is 0 Å². The lowest BCUT2D eigenvalue weighted by atomic mass is 9.96. The monoisotopic (exact) mass is 481 g/mol. The molecular weight excluding hydrogens is 442 g/mol. The summed E-state index contributed by atoms with van der Waals surface area (Å²) in [4.78, 5) is 21.1. The molecule has 2 aliphatic rings. The van der Waals surface area contributed by atoms with Crippen LogP contribution in [0.2, 0.25) is 18.1 Å². The van der Waals surface area contributed by atoms with Gasteiger partial charge in [0.1, 0.15) is 6.23 Å². The molecule has 34 heavy (non-hydrogen) atoms. The number of hydrogen-bond acceptors (Lipinski definition) is 5. The van der Waals surface area contributed by atoms with E-state index in [-0.39, 0.29) is 17.0 Å². The van der Waals surface area contributed by atoms with Gasteiger partial charge in [0.05, 0.1) is 12.6 Å². The number of carbonyl (C=O) groups is 1. The first-order chi connectivity index (χ1) is 16.0. The Balaban J connectivity index is 1.49. The van der Waals surface area contributed by atoms with E-state index >= 15 is 0 Å². The van der Waals surface area contributed by atoms with Gasteiger partial charge in [0.25, 0.3) is 0 Å². The van der Waals surface area contributed by atoms with Gasteiger partial charge in [-0.15, -0.1) is 0 Å². The zero-order valence-corrected chi connectivity index (χ0v) is 22.5. The molecule has 0 aliphatic carbocycles. The Hall–Kier alpha value is -2.22. The Morgan fingerprint density at radius 3 is 2.62 bits per heavy atom. The third kappa shape index (κ3) is 5.06. The molecule has 3 heterocycles. The molecule has 7 heteroatoms. The van der Waals surface area contributed by atoms with Gasteiger partial charge in [-0.25, -0.2) is 0 Å². The van der Waals surface area contributed by atoms with Gasteiger partial charge in [0.15, 0.2) is 8.32 Å². The predicted molar refractivity (Wildman–Crippen MR) is 139 cm³/mol. The van der Waals surface area contributed by atoms with Gasteiger partial charge < -0.3 is 19.3 Å². The molecule has 1 fully saturated rings. The zero-order chi connectivity index (χ0) is 24.7. The highest BCUT2D eigenvalue weighted by Crippen LogP contribution is 2.37. The topological polar surface area (TPSA) is 65.9 Å². The van der Waals surface area contributed by atoms with Crippen LogP contribution in [0.5, 0.6) is 0 Å². The predicted octanol–water partition coefficient (Wildman–Crippen LogP) is 4.96. The normalized spacial score (nSPS) is 21.2. The van der Waals surface area contributed by atoms with E-state index in [9.17, 15) is 9.90 Å². The smallest absolute Gasteiger partial charge is 0.223 e. The summed E-state index contributed by atoms with van der Waals surface area (Å²) in [7, 11) is 0.0733. The average Bonchev–Trinajstić information content (AvgIpc) is 3.13. The molecule has 2 aliphatic heterocycles. The van der Waals surface area contributed by atoms with Gasteiger partial charge in [0, 0.05) is 43.7 Å². The number of anilines is 1. The van der Waals surface area contributed by atoms with Gasteiger partial charge in [-0.05, 0) is 72.3 Å². The third-order valence-corrected chi connectivity index (χ3v) is 12.5. The van der Waals surface area contributed by atoms with Crippen molar-refractivity contribution in [2.45, 2.75) is 83.4 Å². The van der Waals surface area contributed by atoms with Crippen LogP contribution >= 0.6 is 0 Å². The molecule has 2 atom stereocenters. The minimum Gasteiger partial charge on any atom is -0.415 e. The number of nitrogens with zero attached hydrogens (tertiary/aromatic N) is 3. The molecule has 0 spiro atoms. The second-order valence-corrected chi connectivity index (χ2v) is 16.2. The average molecular weight is 482 g/mol. The number of aliphatic hydroxyl groups excluding tert-OH is 1. The highest BCUT2D eigenvalue weighted by molar-refractivity contribution is 6.74. The van der Waals surface area contributed by atoms with Crippen molar-refractivity contribution in [3.8, 4) is 11.1 Å². The number of aliphatic hydroxyl groups is 1. The molecule has 1 unspecified atom stereocenters. The molecule has 184 valence electrons. The first kappa shape index (κ1) is 24.9. The molecule has 6 nitrogen and oxygen atoms in total. The Morgan fingerprint density at radius 1 is 1.12 bits per heavy atom. The summed E-state index contributed by atoms with van der Waals surface area (Å²) < 4.78 is 6.46. The lowest BCUT2D eigenvalue weighted by Gasteiger charge is -2.38. The van der Waals surface area contributed by atoms with E-state index in [4.69, 9.17) is 4.43 Å². The van der Waals surface area contributed by atoms with Gasteiger partial charge in [-0.3, -0.25) is 9.78 Å². The molecule has 1 aromatic heterocycles. The van der Waals surface area contributed by atoms with E-state index in [2.05, 4.69) is 63.1 Å². The molecule has 1 saturated heterocycles. The summed E-state index contributed by atoms with van der Waals surface area (Å²) in [6.07, 6.45) is 6.36. The molecule has 2 aromatic rings. The number of aryl methyl sites for hydroxylation is 1. The number of likely N-dealkylation sites (tertiary alicyclic amines) is 1. The minimum atomic E-state index is -1.86. The number of rotatable bonds is 6. The Morgan fingerprint density at radius 2 is 1.88 bits per heavy atom. The van der Waals surface area contributed by atoms with Crippen LogP contribution in [0.25, 0.3) is 11.1 Å². The lowest BCUT2D eigenvalue weighted by molar-refractivity contribution is -0.130. The fourth-order valence-electron chi connectivity index (χ4n) is 4.58. The largest absolute Gasteiger partial charge is 0.415 e. The van der Waals surface area contributed by atoms with Crippen molar-refractivity contribution in [3.63, 3.8) is 0 Å². The number of aromatic nitrogens is 1. The maximum Gasteiger partial charge on any atom is 0.223 e. The molecule has 0 saturated carbocycles. The van der Waals surface area contributed by atoms with E-state index in [1.54, 1.807) is 0 Å². The SMILES string of the molecule is CN1c2ccc(-c3cncc(CN4C(=O)CC[C@H]4CO[Si](C)(C)C(C)(C)C)c3)cc2CCC1O. The second-order valence-electron chi connectivity index (χ2n) is 11.3. The third-order valence-electron chi connectivity index (χ3n) is 7.95. The van der Waals surface area contributed by atoms with Gasteiger partial charge >= 0.3 is 0 Å². The number of benzene rings is 1. The molecule has 1 N–H and O–H groups in total. The number of fused-ring (bicyclic) bond motifs is 1. The summed E-state index contributed by atoms with van der Waals surface area (Å²) in [5.41, 5.74) is 5.53. The van der Waals surface area contributed by atoms with E-state index in [0.29, 0.717) is 19.6 Å². The van der Waals surface area contributed by atoms with Crippen molar-refractivity contribution in [2.24, 2.45) is 0 Å². The maximum atomic E-state index is 12.7. The van der Waals surface area contributed by atoms with Crippen molar-refractivity contribution in [1.29, 1.82) is 0 Å². The van der Waals surface area contributed by atoms with Crippen molar-refractivity contribution < 1.29 is 14.3 Å². The highest BCUT2D eigenvalue weighted by atomic mass is 28.4.